The van der Waals surface area contributed by atoms with Crippen molar-refractivity contribution in [2.24, 2.45) is 0 Å². The van der Waals surface area contributed by atoms with E-state index >= 15 is 0 Å². The van der Waals surface area contributed by atoms with Gasteiger partial charge in [0.05, 0.1) is 35.3 Å². The Kier molecular flexibility index (Phi) is 2.97. The van der Waals surface area contributed by atoms with Crippen LogP contribution in [0.4, 0.5) is 5.69 Å². The Morgan fingerprint density at radius 2 is 1.81 bits per heavy atom. The van der Waals surface area contributed by atoms with Crippen LogP contribution in [0.1, 0.15) is 5.56 Å². The first-order valence-electron chi connectivity index (χ1n) is 7.31. The van der Waals surface area contributed by atoms with Crippen molar-refractivity contribution < 1.29 is 4.74 Å². The summed E-state index contributed by atoms with van der Waals surface area (Å²) < 4.78 is 5.41. The number of hydrogen-bond acceptors (Lipinski definition) is 4. The number of ether oxygens (including phenoxy) is 1. The maximum Gasteiger partial charge on any atom is 0.0923 e. The van der Waals surface area contributed by atoms with E-state index in [0.717, 1.165) is 48.4 Å². The van der Waals surface area contributed by atoms with Crippen LogP contribution in [0, 0.1) is 6.92 Å². The summed E-state index contributed by atoms with van der Waals surface area (Å²) in [6, 6.07) is 12.5. The second-order valence-electron chi connectivity index (χ2n) is 5.44. The van der Waals surface area contributed by atoms with Gasteiger partial charge in [0, 0.05) is 18.8 Å². The number of para-hydroxylation sites is 1. The fourth-order valence-electron chi connectivity index (χ4n) is 2.84. The van der Waals surface area contributed by atoms with E-state index in [0.29, 0.717) is 0 Å². The number of aromatic nitrogens is 2. The highest BCUT2D eigenvalue weighted by Crippen LogP contribution is 2.24. The molecule has 0 saturated carbocycles. The van der Waals surface area contributed by atoms with Gasteiger partial charge >= 0.3 is 0 Å². The molecule has 106 valence electrons. The quantitative estimate of drug-likeness (QED) is 0.642. The van der Waals surface area contributed by atoms with Gasteiger partial charge in [0.2, 0.25) is 0 Å². The highest BCUT2D eigenvalue weighted by Gasteiger charge is 2.12. The zero-order chi connectivity index (χ0) is 14.2. The number of benzene rings is 2. The van der Waals surface area contributed by atoms with Crippen LogP contribution in [0.2, 0.25) is 0 Å². The summed E-state index contributed by atoms with van der Waals surface area (Å²) in [6.45, 7) is 5.53. The standard InChI is InChI=1S/C17H17N3O/c1-12-3-2-4-15-17(12)19-16-11-13(5-6-14(16)18-15)20-7-9-21-10-8-20/h2-6,11H,7-10H2,1H3. The van der Waals surface area contributed by atoms with Crippen molar-refractivity contribution in [2.45, 2.75) is 6.92 Å². The normalized spacial score (nSPS) is 15.8. The molecular formula is C17H17N3O. The molecule has 21 heavy (non-hydrogen) atoms. The third kappa shape index (κ3) is 2.21. The van der Waals surface area contributed by atoms with Gasteiger partial charge in [0.25, 0.3) is 0 Å². The van der Waals surface area contributed by atoms with Crippen molar-refractivity contribution in [3.63, 3.8) is 0 Å². The molecule has 0 unspecified atom stereocenters. The summed E-state index contributed by atoms with van der Waals surface area (Å²) in [4.78, 5) is 11.9. The summed E-state index contributed by atoms with van der Waals surface area (Å²) in [5, 5.41) is 0. The minimum atomic E-state index is 0.792. The lowest BCUT2D eigenvalue weighted by Crippen LogP contribution is -2.36. The van der Waals surface area contributed by atoms with Crippen molar-refractivity contribution in [2.75, 3.05) is 31.2 Å². The van der Waals surface area contributed by atoms with Gasteiger partial charge in [0.1, 0.15) is 0 Å². The van der Waals surface area contributed by atoms with Crippen LogP contribution in [0.15, 0.2) is 36.4 Å². The number of anilines is 1. The molecular weight excluding hydrogens is 262 g/mol. The van der Waals surface area contributed by atoms with E-state index < -0.39 is 0 Å². The maximum absolute atomic E-state index is 5.41. The maximum atomic E-state index is 5.41. The first kappa shape index (κ1) is 12.5. The molecule has 1 fully saturated rings. The molecule has 0 atom stereocenters. The van der Waals surface area contributed by atoms with Crippen LogP contribution in [0.5, 0.6) is 0 Å². The Hall–Kier alpha value is -2.20. The Morgan fingerprint density at radius 3 is 2.67 bits per heavy atom. The highest BCUT2D eigenvalue weighted by molar-refractivity contribution is 5.89. The second kappa shape index (κ2) is 4.97. The van der Waals surface area contributed by atoms with Crippen LogP contribution in [-0.2, 0) is 4.74 Å². The first-order valence-corrected chi connectivity index (χ1v) is 7.31. The van der Waals surface area contributed by atoms with Crippen LogP contribution in [-0.4, -0.2) is 36.3 Å². The number of nitrogens with zero attached hydrogens (tertiary/aromatic N) is 3. The predicted octanol–water partition coefficient (Wildman–Crippen LogP) is 2.93. The molecule has 3 aromatic rings. The molecule has 2 heterocycles. The van der Waals surface area contributed by atoms with Crippen LogP contribution < -0.4 is 4.90 Å². The van der Waals surface area contributed by atoms with Crippen molar-refractivity contribution in [1.82, 2.24) is 9.97 Å². The van der Waals surface area contributed by atoms with Crippen molar-refractivity contribution >= 4 is 27.8 Å². The average molecular weight is 279 g/mol. The van der Waals surface area contributed by atoms with Crippen molar-refractivity contribution in [3.05, 3.63) is 42.0 Å². The first-order chi connectivity index (χ1) is 10.3. The summed E-state index contributed by atoms with van der Waals surface area (Å²) >= 11 is 0. The van der Waals surface area contributed by atoms with Gasteiger partial charge in [-0.1, -0.05) is 12.1 Å². The van der Waals surface area contributed by atoms with E-state index in [2.05, 4.69) is 36.1 Å². The highest BCUT2D eigenvalue weighted by atomic mass is 16.5. The van der Waals surface area contributed by atoms with Crippen LogP contribution >= 0.6 is 0 Å². The average Bonchev–Trinajstić information content (AvgIpc) is 2.54. The van der Waals surface area contributed by atoms with Gasteiger partial charge in [-0.25, -0.2) is 9.97 Å². The van der Waals surface area contributed by atoms with Gasteiger partial charge in [-0.2, -0.15) is 0 Å². The molecule has 1 aliphatic heterocycles. The molecule has 2 aromatic carbocycles. The van der Waals surface area contributed by atoms with Crippen molar-refractivity contribution in [3.8, 4) is 0 Å². The second-order valence-corrected chi connectivity index (χ2v) is 5.44. The fourth-order valence-corrected chi connectivity index (χ4v) is 2.84. The Morgan fingerprint density at radius 1 is 0.952 bits per heavy atom. The monoisotopic (exact) mass is 279 g/mol. The topological polar surface area (TPSA) is 38.2 Å². The summed E-state index contributed by atoms with van der Waals surface area (Å²) in [5.41, 5.74) is 6.23. The zero-order valence-corrected chi connectivity index (χ0v) is 12.0. The minimum absolute atomic E-state index is 0.792. The summed E-state index contributed by atoms with van der Waals surface area (Å²) in [6.07, 6.45) is 0. The van der Waals surface area contributed by atoms with E-state index in [1.54, 1.807) is 0 Å². The molecule has 0 spiro atoms. The van der Waals surface area contributed by atoms with Gasteiger partial charge in [-0.3, -0.25) is 0 Å². The molecule has 0 bridgehead atoms. The molecule has 0 aliphatic carbocycles. The van der Waals surface area contributed by atoms with E-state index in [4.69, 9.17) is 14.7 Å². The molecule has 4 nitrogen and oxygen atoms in total. The van der Waals surface area contributed by atoms with E-state index in [9.17, 15) is 0 Å². The molecule has 1 aliphatic rings. The lowest BCUT2D eigenvalue weighted by atomic mass is 10.1. The molecule has 1 aromatic heterocycles. The Labute approximate surface area is 123 Å². The number of rotatable bonds is 1. The van der Waals surface area contributed by atoms with E-state index in [1.807, 2.05) is 12.1 Å². The smallest absolute Gasteiger partial charge is 0.0923 e. The molecule has 4 rings (SSSR count). The number of aryl methyl sites for hydroxylation is 1. The summed E-state index contributed by atoms with van der Waals surface area (Å²) in [7, 11) is 0. The number of hydrogen-bond donors (Lipinski definition) is 0. The predicted molar refractivity (Wildman–Crippen MR) is 84.8 cm³/mol. The Bertz CT molecular complexity index is 810. The van der Waals surface area contributed by atoms with Gasteiger partial charge < -0.3 is 9.64 Å². The number of morpholine rings is 1. The van der Waals surface area contributed by atoms with Gasteiger partial charge in [-0.15, -0.1) is 0 Å². The lowest BCUT2D eigenvalue weighted by molar-refractivity contribution is 0.122. The SMILES string of the molecule is Cc1cccc2nc3ccc(N4CCOCC4)cc3nc12. The summed E-state index contributed by atoms with van der Waals surface area (Å²) in [5.74, 6) is 0. The molecule has 0 radical (unpaired) electrons. The van der Waals surface area contributed by atoms with E-state index in [1.165, 1.54) is 11.3 Å². The third-order valence-electron chi connectivity index (χ3n) is 4.02. The van der Waals surface area contributed by atoms with Gasteiger partial charge in [-0.05, 0) is 36.8 Å². The largest absolute Gasteiger partial charge is 0.378 e. The molecule has 0 N–H and O–H groups in total. The Balaban J connectivity index is 1.86. The number of fused-ring (bicyclic) bond motifs is 2. The molecule has 1 saturated heterocycles. The van der Waals surface area contributed by atoms with Crippen molar-refractivity contribution in [1.29, 1.82) is 0 Å². The van der Waals surface area contributed by atoms with E-state index in [-0.39, 0.29) is 0 Å². The fraction of sp³-hybridized carbons (Fsp3) is 0.294. The van der Waals surface area contributed by atoms with Gasteiger partial charge in [0.15, 0.2) is 0 Å². The zero-order valence-electron chi connectivity index (χ0n) is 12.0. The third-order valence-corrected chi connectivity index (χ3v) is 4.02. The minimum Gasteiger partial charge on any atom is -0.378 e. The van der Waals surface area contributed by atoms with Crippen LogP contribution in [0.3, 0.4) is 0 Å². The molecule has 0 amide bonds. The molecule has 4 heteroatoms. The van der Waals surface area contributed by atoms with Crippen LogP contribution in [0.25, 0.3) is 22.1 Å². The lowest BCUT2D eigenvalue weighted by Gasteiger charge is -2.28.